The zero-order valence-electron chi connectivity index (χ0n) is 13.2. The summed E-state index contributed by atoms with van der Waals surface area (Å²) in [7, 11) is 0. The molecule has 5 heteroatoms. The largest absolute Gasteiger partial charge is 0.387 e. The van der Waals surface area contributed by atoms with Crippen molar-refractivity contribution in [3.8, 4) is 6.07 Å². The first kappa shape index (κ1) is 16.5. The summed E-state index contributed by atoms with van der Waals surface area (Å²) >= 11 is 0. The van der Waals surface area contributed by atoms with Gasteiger partial charge in [-0.1, -0.05) is 13.8 Å². The van der Waals surface area contributed by atoms with Crippen LogP contribution in [0.5, 0.6) is 0 Å². The van der Waals surface area contributed by atoms with E-state index in [-0.39, 0.29) is 18.6 Å². The van der Waals surface area contributed by atoms with Gasteiger partial charge < -0.3 is 15.2 Å². The summed E-state index contributed by atoms with van der Waals surface area (Å²) < 4.78 is 5.60. The number of nitrogens with one attached hydrogen (secondary N) is 1. The van der Waals surface area contributed by atoms with Crippen LogP contribution in [-0.2, 0) is 4.74 Å². The molecule has 0 spiro atoms. The van der Waals surface area contributed by atoms with E-state index < -0.39 is 11.0 Å². The van der Waals surface area contributed by atoms with E-state index in [4.69, 9.17) is 10.00 Å². The minimum absolute atomic E-state index is 0.00862. The fourth-order valence-electron chi connectivity index (χ4n) is 2.79. The summed E-state index contributed by atoms with van der Waals surface area (Å²) in [6.45, 7) is 6.62. The second kappa shape index (κ2) is 6.07. The van der Waals surface area contributed by atoms with Crippen LogP contribution in [0.3, 0.4) is 0 Å². The number of rotatable bonds is 5. The molecule has 1 aliphatic rings. The van der Waals surface area contributed by atoms with E-state index in [0.29, 0.717) is 24.2 Å². The third-order valence-electron chi connectivity index (χ3n) is 4.71. The van der Waals surface area contributed by atoms with Crippen molar-refractivity contribution in [3.63, 3.8) is 0 Å². The number of aliphatic hydroxyl groups is 1. The van der Waals surface area contributed by atoms with Gasteiger partial charge in [-0.2, -0.15) is 5.26 Å². The number of carbonyl (C=O) groups excluding carboxylic acids is 1. The first-order chi connectivity index (χ1) is 10.3. The van der Waals surface area contributed by atoms with Gasteiger partial charge in [0, 0.05) is 30.6 Å². The van der Waals surface area contributed by atoms with Crippen LogP contribution in [0.15, 0.2) is 24.3 Å². The molecule has 0 aliphatic heterocycles. The SMILES string of the molecule is CCO[C@H]1C[C@](O)(CNC(=O)c2ccc(C#N)cc2)C1(C)C. The second-order valence-corrected chi connectivity index (χ2v) is 6.27. The van der Waals surface area contributed by atoms with Crippen LogP contribution in [0.4, 0.5) is 0 Å². The van der Waals surface area contributed by atoms with Gasteiger partial charge in [0.1, 0.15) is 0 Å². The minimum Gasteiger partial charge on any atom is -0.387 e. The van der Waals surface area contributed by atoms with Crippen LogP contribution >= 0.6 is 0 Å². The average Bonchev–Trinajstić information content (AvgIpc) is 2.52. The van der Waals surface area contributed by atoms with Crippen molar-refractivity contribution in [2.75, 3.05) is 13.2 Å². The van der Waals surface area contributed by atoms with E-state index in [9.17, 15) is 9.90 Å². The third kappa shape index (κ3) is 2.85. The number of amides is 1. The molecule has 1 aromatic carbocycles. The van der Waals surface area contributed by atoms with E-state index in [1.807, 2.05) is 26.8 Å². The molecule has 2 atom stereocenters. The van der Waals surface area contributed by atoms with Crippen molar-refractivity contribution in [3.05, 3.63) is 35.4 Å². The Hall–Kier alpha value is -1.90. The molecular formula is C17H22N2O3. The highest BCUT2D eigenvalue weighted by Crippen LogP contribution is 2.50. The van der Waals surface area contributed by atoms with Gasteiger partial charge in [-0.25, -0.2) is 0 Å². The average molecular weight is 302 g/mol. The molecule has 0 saturated heterocycles. The predicted molar refractivity (Wildman–Crippen MR) is 82.3 cm³/mol. The van der Waals surface area contributed by atoms with Gasteiger partial charge in [0.25, 0.3) is 5.91 Å². The second-order valence-electron chi connectivity index (χ2n) is 6.27. The van der Waals surface area contributed by atoms with Gasteiger partial charge in [0.15, 0.2) is 0 Å². The van der Waals surface area contributed by atoms with E-state index in [1.54, 1.807) is 24.3 Å². The van der Waals surface area contributed by atoms with E-state index in [0.717, 1.165) is 0 Å². The van der Waals surface area contributed by atoms with Crippen molar-refractivity contribution in [1.29, 1.82) is 5.26 Å². The Labute approximate surface area is 130 Å². The summed E-state index contributed by atoms with van der Waals surface area (Å²) in [5.41, 5.74) is -0.383. The molecule has 118 valence electrons. The Balaban J connectivity index is 1.95. The van der Waals surface area contributed by atoms with Crippen molar-refractivity contribution >= 4 is 5.91 Å². The number of hydrogen-bond acceptors (Lipinski definition) is 4. The van der Waals surface area contributed by atoms with Gasteiger partial charge in [-0.3, -0.25) is 4.79 Å². The Kier molecular flexibility index (Phi) is 4.55. The number of nitriles is 1. The van der Waals surface area contributed by atoms with Gasteiger partial charge in [-0.15, -0.1) is 0 Å². The molecule has 0 heterocycles. The monoisotopic (exact) mass is 302 g/mol. The molecule has 0 radical (unpaired) electrons. The molecule has 2 N–H and O–H groups in total. The topological polar surface area (TPSA) is 82.3 Å². The van der Waals surface area contributed by atoms with Crippen molar-refractivity contribution < 1.29 is 14.6 Å². The number of carbonyl (C=O) groups is 1. The zero-order valence-corrected chi connectivity index (χ0v) is 13.2. The van der Waals surface area contributed by atoms with Crippen molar-refractivity contribution in [2.45, 2.75) is 38.9 Å². The molecule has 0 bridgehead atoms. The molecular weight excluding hydrogens is 280 g/mol. The number of ether oxygens (including phenoxy) is 1. The van der Waals surface area contributed by atoms with Gasteiger partial charge in [0.05, 0.1) is 23.3 Å². The molecule has 1 aromatic rings. The summed E-state index contributed by atoms with van der Waals surface area (Å²) in [5.74, 6) is -0.256. The fraction of sp³-hybridized carbons (Fsp3) is 0.529. The molecule has 22 heavy (non-hydrogen) atoms. The number of hydrogen-bond donors (Lipinski definition) is 2. The Morgan fingerprint density at radius 2 is 2.09 bits per heavy atom. The molecule has 1 amide bonds. The Morgan fingerprint density at radius 3 is 2.59 bits per heavy atom. The molecule has 1 aliphatic carbocycles. The van der Waals surface area contributed by atoms with Crippen LogP contribution in [-0.4, -0.2) is 35.9 Å². The highest BCUT2D eigenvalue weighted by molar-refractivity contribution is 5.94. The lowest BCUT2D eigenvalue weighted by molar-refractivity contribution is -0.237. The molecule has 2 rings (SSSR count). The molecule has 5 nitrogen and oxygen atoms in total. The lowest BCUT2D eigenvalue weighted by atomic mass is 9.56. The minimum atomic E-state index is -0.963. The summed E-state index contributed by atoms with van der Waals surface area (Å²) in [6.07, 6.45) is 0.524. The van der Waals surface area contributed by atoms with E-state index in [2.05, 4.69) is 5.32 Å². The third-order valence-corrected chi connectivity index (χ3v) is 4.71. The summed E-state index contributed by atoms with van der Waals surface area (Å²) in [5, 5.41) is 22.2. The highest BCUT2D eigenvalue weighted by Gasteiger charge is 2.59. The van der Waals surface area contributed by atoms with Gasteiger partial charge in [0.2, 0.25) is 0 Å². The lowest BCUT2D eigenvalue weighted by Gasteiger charge is -2.57. The van der Waals surface area contributed by atoms with Crippen LogP contribution in [0.25, 0.3) is 0 Å². The van der Waals surface area contributed by atoms with Crippen molar-refractivity contribution in [1.82, 2.24) is 5.32 Å². The maximum atomic E-state index is 12.1. The highest BCUT2D eigenvalue weighted by atomic mass is 16.5. The normalized spacial score (nSPS) is 25.9. The Bertz CT molecular complexity index is 589. The zero-order chi connectivity index (χ0) is 16.4. The van der Waals surface area contributed by atoms with Crippen LogP contribution in [0.2, 0.25) is 0 Å². The van der Waals surface area contributed by atoms with Crippen LogP contribution in [0.1, 0.15) is 43.1 Å². The molecule has 1 saturated carbocycles. The van der Waals surface area contributed by atoms with Crippen LogP contribution in [0, 0.1) is 16.7 Å². The smallest absolute Gasteiger partial charge is 0.251 e. The maximum absolute atomic E-state index is 12.1. The predicted octanol–water partition coefficient (Wildman–Crippen LogP) is 1.85. The first-order valence-electron chi connectivity index (χ1n) is 7.46. The van der Waals surface area contributed by atoms with E-state index in [1.165, 1.54) is 0 Å². The summed E-state index contributed by atoms with van der Waals surface area (Å²) in [4.78, 5) is 12.1. The lowest BCUT2D eigenvalue weighted by Crippen LogP contribution is -2.68. The molecule has 0 aromatic heterocycles. The maximum Gasteiger partial charge on any atom is 0.251 e. The summed E-state index contributed by atoms with van der Waals surface area (Å²) in [6, 6.07) is 8.42. The van der Waals surface area contributed by atoms with Crippen molar-refractivity contribution in [2.24, 2.45) is 5.41 Å². The molecule has 1 fully saturated rings. The molecule has 0 unspecified atom stereocenters. The standard InChI is InChI=1S/C17H22N2O3/c1-4-22-14-9-17(21,16(14,2)3)11-19-15(20)13-7-5-12(10-18)6-8-13/h5-8,14,21H,4,9,11H2,1-3H3,(H,19,20)/t14-,17-/m0/s1. The van der Waals surface area contributed by atoms with E-state index >= 15 is 0 Å². The van der Waals surface area contributed by atoms with Gasteiger partial charge >= 0.3 is 0 Å². The van der Waals surface area contributed by atoms with Crippen LogP contribution < -0.4 is 5.32 Å². The Morgan fingerprint density at radius 1 is 1.45 bits per heavy atom. The quantitative estimate of drug-likeness (QED) is 0.869. The number of nitrogens with zero attached hydrogens (tertiary/aromatic N) is 1. The number of benzene rings is 1. The first-order valence-corrected chi connectivity index (χ1v) is 7.46. The fourth-order valence-corrected chi connectivity index (χ4v) is 2.79. The van der Waals surface area contributed by atoms with Gasteiger partial charge in [-0.05, 0) is 31.2 Å².